The summed E-state index contributed by atoms with van der Waals surface area (Å²) in [5, 5.41) is 5.39. The molecule has 0 aliphatic heterocycles. The second-order valence-electron chi connectivity index (χ2n) is 5.18. The number of esters is 2. The molecular formula is C17H12BrIN2O4. The molecule has 0 amide bonds. The molecule has 6 nitrogen and oxygen atoms in total. The Labute approximate surface area is 165 Å². The Kier molecular flexibility index (Phi) is 5.09. The Morgan fingerprint density at radius 1 is 1.04 bits per heavy atom. The molecule has 0 aliphatic carbocycles. The van der Waals surface area contributed by atoms with E-state index in [0.717, 1.165) is 24.8 Å². The van der Waals surface area contributed by atoms with Gasteiger partial charge in [-0.2, -0.15) is 5.10 Å². The van der Waals surface area contributed by atoms with Crippen LogP contribution in [0.3, 0.4) is 0 Å². The molecule has 8 heteroatoms. The highest BCUT2D eigenvalue weighted by Gasteiger charge is 2.15. The zero-order valence-corrected chi connectivity index (χ0v) is 17.0. The summed E-state index contributed by atoms with van der Waals surface area (Å²) in [6.07, 6.45) is 0. The van der Waals surface area contributed by atoms with Gasteiger partial charge in [-0.05, 0) is 74.9 Å². The molecule has 0 N–H and O–H groups in total. The van der Waals surface area contributed by atoms with Gasteiger partial charge in [0.25, 0.3) is 0 Å². The molecular weight excluding hydrogens is 503 g/mol. The number of nitrogens with zero attached hydrogens (tertiary/aromatic N) is 2. The standard InChI is InChI=1S/C17H12BrIN2O4/c1-9(22)24-11-3-5-15-13(7-11)17(18)21(20-15)16-6-4-12(8-14(16)19)25-10(2)23/h3-8H,1-2H3. The number of carbonyl (C=O) groups excluding carboxylic acids is 2. The minimum Gasteiger partial charge on any atom is -0.427 e. The van der Waals surface area contributed by atoms with E-state index in [1.54, 1.807) is 35.0 Å². The van der Waals surface area contributed by atoms with Crippen LogP contribution in [0.4, 0.5) is 0 Å². The summed E-state index contributed by atoms with van der Waals surface area (Å²) in [6.45, 7) is 2.72. The van der Waals surface area contributed by atoms with Crippen LogP contribution >= 0.6 is 38.5 Å². The Balaban J connectivity index is 2.05. The number of aromatic nitrogens is 2. The topological polar surface area (TPSA) is 70.4 Å². The third-order valence-electron chi connectivity index (χ3n) is 3.25. The molecule has 0 fully saturated rings. The SMILES string of the molecule is CC(=O)Oc1ccc(-n2nc3ccc(OC(C)=O)cc3c2Br)c(I)c1. The lowest BCUT2D eigenvalue weighted by Gasteiger charge is -2.08. The fourth-order valence-electron chi connectivity index (χ4n) is 2.31. The van der Waals surface area contributed by atoms with Crippen LogP contribution in [0.25, 0.3) is 16.6 Å². The van der Waals surface area contributed by atoms with E-state index in [-0.39, 0.29) is 11.9 Å². The molecule has 0 bridgehead atoms. The van der Waals surface area contributed by atoms with Crippen molar-refractivity contribution in [3.63, 3.8) is 0 Å². The normalized spacial score (nSPS) is 10.7. The first kappa shape index (κ1) is 17.9. The summed E-state index contributed by atoms with van der Waals surface area (Å²) in [5.74, 6) is 0.191. The molecule has 0 radical (unpaired) electrons. The van der Waals surface area contributed by atoms with Crippen molar-refractivity contribution in [3.05, 3.63) is 44.6 Å². The fraction of sp³-hybridized carbons (Fsp3) is 0.118. The molecule has 0 spiro atoms. The molecule has 128 valence electrons. The third kappa shape index (κ3) is 3.84. The number of hydrogen-bond donors (Lipinski definition) is 0. The lowest BCUT2D eigenvalue weighted by molar-refractivity contribution is -0.132. The zero-order valence-electron chi connectivity index (χ0n) is 13.2. The summed E-state index contributed by atoms with van der Waals surface area (Å²) in [5.41, 5.74) is 1.58. The quantitative estimate of drug-likeness (QED) is 0.297. The van der Waals surface area contributed by atoms with Crippen LogP contribution in [-0.4, -0.2) is 21.7 Å². The Bertz CT molecular complexity index is 1000. The van der Waals surface area contributed by atoms with Crippen molar-refractivity contribution in [3.8, 4) is 17.2 Å². The van der Waals surface area contributed by atoms with E-state index in [0.29, 0.717) is 11.5 Å². The van der Waals surface area contributed by atoms with Gasteiger partial charge in [0.15, 0.2) is 0 Å². The Morgan fingerprint density at radius 2 is 1.64 bits per heavy atom. The number of ether oxygens (including phenoxy) is 2. The first-order valence-corrected chi connectivity index (χ1v) is 9.07. The van der Waals surface area contributed by atoms with E-state index in [1.165, 1.54) is 13.8 Å². The molecule has 1 heterocycles. The molecule has 0 aliphatic rings. The van der Waals surface area contributed by atoms with Gasteiger partial charge in [0.1, 0.15) is 16.1 Å². The lowest BCUT2D eigenvalue weighted by Crippen LogP contribution is -2.03. The molecule has 2 aromatic carbocycles. The van der Waals surface area contributed by atoms with Crippen LogP contribution in [0.2, 0.25) is 0 Å². The van der Waals surface area contributed by atoms with Crippen molar-refractivity contribution in [2.24, 2.45) is 0 Å². The van der Waals surface area contributed by atoms with Gasteiger partial charge in [-0.1, -0.05) is 0 Å². The van der Waals surface area contributed by atoms with Crippen molar-refractivity contribution < 1.29 is 19.1 Å². The molecule has 0 unspecified atom stereocenters. The average molecular weight is 515 g/mol. The highest BCUT2D eigenvalue weighted by Crippen LogP contribution is 2.32. The summed E-state index contributed by atoms with van der Waals surface area (Å²) in [7, 11) is 0. The molecule has 0 saturated carbocycles. The minimum absolute atomic E-state index is 0.368. The van der Waals surface area contributed by atoms with Crippen LogP contribution in [0.1, 0.15) is 13.8 Å². The highest BCUT2D eigenvalue weighted by molar-refractivity contribution is 14.1. The second-order valence-corrected chi connectivity index (χ2v) is 7.10. The van der Waals surface area contributed by atoms with E-state index >= 15 is 0 Å². The molecule has 25 heavy (non-hydrogen) atoms. The maximum atomic E-state index is 11.1. The summed E-state index contributed by atoms with van der Waals surface area (Å²) >= 11 is 5.71. The smallest absolute Gasteiger partial charge is 0.308 e. The van der Waals surface area contributed by atoms with Gasteiger partial charge in [0, 0.05) is 22.8 Å². The fourth-order valence-corrected chi connectivity index (χ4v) is 3.61. The van der Waals surface area contributed by atoms with Crippen molar-refractivity contribution in [1.82, 2.24) is 9.78 Å². The van der Waals surface area contributed by atoms with Crippen molar-refractivity contribution in [2.45, 2.75) is 13.8 Å². The first-order valence-electron chi connectivity index (χ1n) is 7.20. The number of carbonyl (C=O) groups is 2. The number of fused-ring (bicyclic) bond motifs is 1. The van der Waals surface area contributed by atoms with Crippen LogP contribution in [0.15, 0.2) is 41.0 Å². The highest BCUT2D eigenvalue weighted by atomic mass is 127. The van der Waals surface area contributed by atoms with Crippen LogP contribution in [0, 0.1) is 3.57 Å². The van der Waals surface area contributed by atoms with E-state index in [2.05, 4.69) is 43.6 Å². The molecule has 0 saturated heterocycles. The number of halogens is 2. The monoisotopic (exact) mass is 514 g/mol. The van der Waals surface area contributed by atoms with Gasteiger partial charge in [-0.15, -0.1) is 0 Å². The molecule has 1 aromatic heterocycles. The van der Waals surface area contributed by atoms with Crippen LogP contribution in [-0.2, 0) is 9.59 Å². The Hall–Kier alpha value is -1.94. The lowest BCUT2D eigenvalue weighted by atomic mass is 10.2. The van der Waals surface area contributed by atoms with E-state index in [4.69, 9.17) is 9.47 Å². The second kappa shape index (κ2) is 7.12. The van der Waals surface area contributed by atoms with Gasteiger partial charge >= 0.3 is 11.9 Å². The summed E-state index contributed by atoms with van der Waals surface area (Å²) < 4.78 is 13.6. The number of benzene rings is 2. The van der Waals surface area contributed by atoms with Gasteiger partial charge in [-0.25, -0.2) is 4.68 Å². The average Bonchev–Trinajstić information content (AvgIpc) is 2.83. The van der Waals surface area contributed by atoms with Gasteiger partial charge < -0.3 is 9.47 Å². The maximum absolute atomic E-state index is 11.1. The van der Waals surface area contributed by atoms with Crippen LogP contribution in [0.5, 0.6) is 11.5 Å². The molecule has 0 atom stereocenters. The largest absolute Gasteiger partial charge is 0.427 e. The molecule has 3 aromatic rings. The van der Waals surface area contributed by atoms with Gasteiger partial charge in [0.05, 0.1) is 11.2 Å². The van der Waals surface area contributed by atoms with Crippen molar-refractivity contribution >= 4 is 61.4 Å². The van der Waals surface area contributed by atoms with Crippen molar-refractivity contribution in [2.75, 3.05) is 0 Å². The number of rotatable bonds is 3. The maximum Gasteiger partial charge on any atom is 0.308 e. The summed E-state index contributed by atoms with van der Waals surface area (Å²) in [6, 6.07) is 10.5. The van der Waals surface area contributed by atoms with E-state index in [1.807, 2.05) is 6.07 Å². The summed E-state index contributed by atoms with van der Waals surface area (Å²) in [4.78, 5) is 22.2. The zero-order chi connectivity index (χ0) is 18.1. The van der Waals surface area contributed by atoms with Crippen molar-refractivity contribution in [1.29, 1.82) is 0 Å². The minimum atomic E-state index is -0.376. The third-order valence-corrected chi connectivity index (χ3v) is 4.88. The first-order chi connectivity index (χ1) is 11.8. The predicted molar refractivity (Wildman–Crippen MR) is 104 cm³/mol. The molecule has 3 rings (SSSR count). The predicted octanol–water partition coefficient (Wildman–Crippen LogP) is 4.24. The van der Waals surface area contributed by atoms with E-state index < -0.39 is 0 Å². The van der Waals surface area contributed by atoms with Gasteiger partial charge in [0.2, 0.25) is 0 Å². The Morgan fingerprint density at radius 3 is 2.24 bits per heavy atom. The van der Waals surface area contributed by atoms with E-state index in [9.17, 15) is 9.59 Å². The van der Waals surface area contributed by atoms with Gasteiger partial charge in [-0.3, -0.25) is 9.59 Å². The van der Waals surface area contributed by atoms with Crippen LogP contribution < -0.4 is 9.47 Å². The number of hydrogen-bond acceptors (Lipinski definition) is 5.